The second-order valence-electron chi connectivity index (χ2n) is 4.04. The second kappa shape index (κ2) is 6.93. The van der Waals surface area contributed by atoms with Crippen LogP contribution < -0.4 is 5.32 Å². The van der Waals surface area contributed by atoms with Gasteiger partial charge in [0.25, 0.3) is 5.69 Å². The lowest BCUT2D eigenvalue weighted by Gasteiger charge is -2.18. The average molecular weight is 254 g/mol. The summed E-state index contributed by atoms with van der Waals surface area (Å²) in [4.78, 5) is 10.6. The molecule has 0 saturated carbocycles. The zero-order valence-corrected chi connectivity index (χ0v) is 10.5. The van der Waals surface area contributed by atoms with Crippen LogP contribution in [0.1, 0.15) is 12.0 Å². The Kier molecular flexibility index (Phi) is 5.54. The summed E-state index contributed by atoms with van der Waals surface area (Å²) in [5, 5.41) is 23.0. The van der Waals surface area contributed by atoms with Crippen molar-refractivity contribution in [3.05, 3.63) is 33.9 Å². The molecule has 0 amide bonds. The van der Waals surface area contributed by atoms with E-state index in [1.807, 2.05) is 0 Å². The fraction of sp³-hybridized carbons (Fsp3) is 0.500. The van der Waals surface area contributed by atoms with Gasteiger partial charge in [-0.05, 0) is 19.4 Å². The van der Waals surface area contributed by atoms with Crippen LogP contribution in [0.4, 0.5) is 11.4 Å². The molecule has 1 unspecified atom stereocenters. The maximum atomic E-state index is 11.0. The van der Waals surface area contributed by atoms with Crippen LogP contribution in [0.2, 0.25) is 0 Å². The first-order chi connectivity index (χ1) is 8.60. The highest BCUT2D eigenvalue weighted by Gasteiger charge is 2.19. The van der Waals surface area contributed by atoms with Crippen molar-refractivity contribution in [1.29, 1.82) is 0 Å². The normalized spacial score (nSPS) is 12.2. The largest absolute Gasteiger partial charge is 0.396 e. The topological polar surface area (TPSA) is 84.6 Å². The molecule has 0 aliphatic rings. The van der Waals surface area contributed by atoms with Gasteiger partial charge in [0.1, 0.15) is 5.69 Å². The number of nitro benzene ring substituents is 1. The van der Waals surface area contributed by atoms with Crippen molar-refractivity contribution >= 4 is 11.4 Å². The summed E-state index contributed by atoms with van der Waals surface area (Å²) >= 11 is 0. The van der Waals surface area contributed by atoms with Crippen LogP contribution in [0.3, 0.4) is 0 Å². The summed E-state index contributed by atoms with van der Waals surface area (Å²) in [7, 11) is 1.55. The third kappa shape index (κ3) is 3.68. The minimum Gasteiger partial charge on any atom is -0.396 e. The number of aliphatic hydroxyl groups is 1. The third-order valence-electron chi connectivity index (χ3n) is 2.63. The Morgan fingerprint density at radius 3 is 2.83 bits per heavy atom. The molecule has 0 fully saturated rings. The molecule has 0 bridgehead atoms. The Morgan fingerprint density at radius 1 is 1.56 bits per heavy atom. The lowest BCUT2D eigenvalue weighted by Crippen LogP contribution is -2.26. The van der Waals surface area contributed by atoms with Gasteiger partial charge in [0.05, 0.1) is 17.6 Å². The summed E-state index contributed by atoms with van der Waals surface area (Å²) in [6.45, 7) is 2.08. The van der Waals surface area contributed by atoms with Crippen LogP contribution in [0.25, 0.3) is 0 Å². The minimum absolute atomic E-state index is 0.000635. The van der Waals surface area contributed by atoms with Gasteiger partial charge in [-0.3, -0.25) is 10.1 Å². The molecule has 1 aromatic rings. The van der Waals surface area contributed by atoms with Gasteiger partial charge in [0, 0.05) is 19.3 Å². The van der Waals surface area contributed by atoms with E-state index in [0.29, 0.717) is 24.3 Å². The first-order valence-electron chi connectivity index (χ1n) is 5.70. The minimum atomic E-state index is -0.402. The van der Waals surface area contributed by atoms with Crippen LogP contribution in [0.15, 0.2) is 18.2 Å². The zero-order valence-electron chi connectivity index (χ0n) is 10.5. The smallest absolute Gasteiger partial charge is 0.295 e. The summed E-state index contributed by atoms with van der Waals surface area (Å²) in [6.07, 6.45) is 0.471. The van der Waals surface area contributed by atoms with Crippen molar-refractivity contribution in [2.45, 2.75) is 19.4 Å². The van der Waals surface area contributed by atoms with Gasteiger partial charge in [-0.1, -0.05) is 12.1 Å². The lowest BCUT2D eigenvalue weighted by atomic mass is 10.1. The van der Waals surface area contributed by atoms with Crippen LogP contribution in [-0.2, 0) is 4.74 Å². The first-order valence-corrected chi connectivity index (χ1v) is 5.70. The Bertz CT molecular complexity index is 403. The molecule has 1 atom stereocenters. The van der Waals surface area contributed by atoms with Crippen molar-refractivity contribution in [1.82, 2.24) is 0 Å². The fourth-order valence-electron chi connectivity index (χ4n) is 1.79. The van der Waals surface area contributed by atoms with Crippen LogP contribution in [-0.4, -0.2) is 36.4 Å². The Balaban J connectivity index is 2.94. The van der Waals surface area contributed by atoms with Crippen molar-refractivity contribution in [2.24, 2.45) is 0 Å². The standard InChI is InChI=1S/C12H18N2O4/c1-9-4-3-5-11(12(9)14(16)17)13-10(6-7-15)8-18-2/h3-5,10,13,15H,6-8H2,1-2H3. The summed E-state index contributed by atoms with van der Waals surface area (Å²) in [5.41, 5.74) is 1.12. The number of aryl methyl sites for hydroxylation is 1. The van der Waals surface area contributed by atoms with E-state index in [1.54, 1.807) is 32.2 Å². The monoisotopic (exact) mass is 254 g/mol. The molecule has 0 aliphatic carbocycles. The van der Waals surface area contributed by atoms with E-state index in [2.05, 4.69) is 5.32 Å². The molecule has 1 aromatic carbocycles. The molecule has 6 nitrogen and oxygen atoms in total. The summed E-state index contributed by atoms with van der Waals surface area (Å²) in [5.74, 6) is 0. The first kappa shape index (κ1) is 14.4. The molecule has 0 saturated heterocycles. The molecule has 2 N–H and O–H groups in total. The number of benzene rings is 1. The number of ether oxygens (including phenoxy) is 1. The van der Waals surface area contributed by atoms with Gasteiger partial charge in [-0.25, -0.2) is 0 Å². The van der Waals surface area contributed by atoms with Gasteiger partial charge < -0.3 is 15.2 Å². The number of rotatable bonds is 7. The van der Waals surface area contributed by atoms with Crippen molar-refractivity contribution in [3.63, 3.8) is 0 Å². The van der Waals surface area contributed by atoms with Crippen LogP contribution in [0, 0.1) is 17.0 Å². The van der Waals surface area contributed by atoms with E-state index in [1.165, 1.54) is 0 Å². The Morgan fingerprint density at radius 2 is 2.28 bits per heavy atom. The van der Waals surface area contributed by atoms with Crippen LogP contribution >= 0.6 is 0 Å². The zero-order chi connectivity index (χ0) is 13.5. The number of nitrogens with zero attached hydrogens (tertiary/aromatic N) is 1. The maximum Gasteiger partial charge on any atom is 0.295 e. The molecule has 1 rings (SSSR count). The maximum absolute atomic E-state index is 11.0. The van der Waals surface area contributed by atoms with E-state index in [9.17, 15) is 10.1 Å². The molecular weight excluding hydrogens is 236 g/mol. The number of hydrogen-bond donors (Lipinski definition) is 2. The van der Waals surface area contributed by atoms with E-state index >= 15 is 0 Å². The number of anilines is 1. The lowest BCUT2D eigenvalue weighted by molar-refractivity contribution is -0.384. The summed E-state index contributed by atoms with van der Waals surface area (Å²) < 4.78 is 5.02. The molecule has 100 valence electrons. The molecular formula is C12H18N2O4. The fourth-order valence-corrected chi connectivity index (χ4v) is 1.79. The van der Waals surface area contributed by atoms with Gasteiger partial charge >= 0.3 is 0 Å². The van der Waals surface area contributed by atoms with Crippen LogP contribution in [0.5, 0.6) is 0 Å². The third-order valence-corrected chi connectivity index (χ3v) is 2.63. The highest BCUT2D eigenvalue weighted by atomic mass is 16.6. The molecule has 6 heteroatoms. The highest BCUT2D eigenvalue weighted by molar-refractivity contribution is 5.65. The number of methoxy groups -OCH3 is 1. The molecule has 0 heterocycles. The highest BCUT2D eigenvalue weighted by Crippen LogP contribution is 2.28. The quantitative estimate of drug-likeness (QED) is 0.571. The number of aliphatic hydroxyl groups excluding tert-OH is 1. The van der Waals surface area contributed by atoms with E-state index in [0.717, 1.165) is 0 Å². The Hall–Kier alpha value is -1.66. The average Bonchev–Trinajstić information content (AvgIpc) is 2.29. The van der Waals surface area contributed by atoms with Crippen molar-refractivity contribution in [2.75, 3.05) is 25.6 Å². The van der Waals surface area contributed by atoms with Gasteiger partial charge in [-0.15, -0.1) is 0 Å². The number of hydrogen-bond acceptors (Lipinski definition) is 5. The van der Waals surface area contributed by atoms with E-state index in [-0.39, 0.29) is 18.3 Å². The molecule has 18 heavy (non-hydrogen) atoms. The molecule has 0 radical (unpaired) electrons. The Labute approximate surface area is 106 Å². The predicted octanol–water partition coefficient (Wildman–Crippen LogP) is 1.71. The van der Waals surface area contributed by atoms with Gasteiger partial charge in [-0.2, -0.15) is 0 Å². The number of nitro groups is 1. The SMILES string of the molecule is COCC(CCO)Nc1cccc(C)c1[N+](=O)[O-]. The van der Waals surface area contributed by atoms with Gasteiger partial charge in [0.2, 0.25) is 0 Å². The molecule has 0 aliphatic heterocycles. The van der Waals surface area contributed by atoms with Crippen molar-refractivity contribution in [3.8, 4) is 0 Å². The number of para-hydroxylation sites is 1. The van der Waals surface area contributed by atoms with Gasteiger partial charge in [0.15, 0.2) is 0 Å². The molecule has 0 spiro atoms. The predicted molar refractivity (Wildman–Crippen MR) is 68.8 cm³/mol. The summed E-state index contributed by atoms with van der Waals surface area (Å²) in [6, 6.07) is 4.96. The van der Waals surface area contributed by atoms with Crippen molar-refractivity contribution < 1.29 is 14.8 Å². The van der Waals surface area contributed by atoms with E-state index < -0.39 is 4.92 Å². The van der Waals surface area contributed by atoms with E-state index in [4.69, 9.17) is 9.84 Å². The molecule has 0 aromatic heterocycles. The second-order valence-corrected chi connectivity index (χ2v) is 4.04. The number of nitrogens with one attached hydrogen (secondary N) is 1.